The van der Waals surface area contributed by atoms with Gasteiger partial charge in [-0.05, 0) is 42.9 Å². The summed E-state index contributed by atoms with van der Waals surface area (Å²) in [5, 5.41) is 8.86. The average Bonchev–Trinajstić information content (AvgIpc) is 3.09. The molecule has 3 rings (SSSR count). The number of carbonyl (C=O) groups excluding carboxylic acids is 1. The van der Waals surface area contributed by atoms with Gasteiger partial charge in [0, 0.05) is 37.6 Å². The average molecular weight is 317 g/mol. The fourth-order valence-corrected chi connectivity index (χ4v) is 3.49. The van der Waals surface area contributed by atoms with Gasteiger partial charge in [-0.15, -0.1) is 0 Å². The quantitative estimate of drug-likeness (QED) is 0.926. The normalized spacial score (nSPS) is 22.3. The van der Waals surface area contributed by atoms with E-state index < -0.39 is 5.97 Å². The Labute approximate surface area is 136 Å². The van der Waals surface area contributed by atoms with Gasteiger partial charge in [0.05, 0.1) is 6.61 Å². The molecule has 23 heavy (non-hydrogen) atoms. The SMILES string of the molecule is O=C(O)CC1CCN(C(=O)c2cccc([C@@H]3CCOC3)c2)CC1. The topological polar surface area (TPSA) is 66.8 Å². The molecule has 5 heteroatoms. The van der Waals surface area contributed by atoms with Gasteiger partial charge in [0.15, 0.2) is 0 Å². The molecule has 1 atom stereocenters. The predicted molar refractivity (Wildman–Crippen MR) is 85.5 cm³/mol. The van der Waals surface area contributed by atoms with E-state index in [2.05, 4.69) is 6.07 Å². The predicted octanol–water partition coefficient (Wildman–Crippen LogP) is 2.52. The Morgan fingerprint density at radius 1 is 1.22 bits per heavy atom. The molecule has 0 radical (unpaired) electrons. The third-order valence-electron chi connectivity index (χ3n) is 4.90. The lowest BCUT2D eigenvalue weighted by Gasteiger charge is -2.31. The fraction of sp³-hybridized carbons (Fsp3) is 0.556. The van der Waals surface area contributed by atoms with Gasteiger partial charge in [-0.1, -0.05) is 12.1 Å². The molecule has 1 amide bonds. The maximum absolute atomic E-state index is 12.7. The Balaban J connectivity index is 1.62. The summed E-state index contributed by atoms with van der Waals surface area (Å²) in [6, 6.07) is 7.86. The number of hydrogen-bond acceptors (Lipinski definition) is 3. The molecule has 0 aromatic heterocycles. The second kappa shape index (κ2) is 7.13. The van der Waals surface area contributed by atoms with Gasteiger partial charge in [0.1, 0.15) is 0 Å². The molecule has 0 bridgehead atoms. The third-order valence-corrected chi connectivity index (χ3v) is 4.90. The van der Waals surface area contributed by atoms with Crippen LogP contribution in [0.1, 0.15) is 47.5 Å². The van der Waals surface area contributed by atoms with E-state index in [9.17, 15) is 9.59 Å². The van der Waals surface area contributed by atoms with Gasteiger partial charge in [-0.25, -0.2) is 0 Å². The van der Waals surface area contributed by atoms with Crippen molar-refractivity contribution in [1.29, 1.82) is 0 Å². The van der Waals surface area contributed by atoms with Crippen LogP contribution in [-0.2, 0) is 9.53 Å². The maximum atomic E-state index is 12.7. The highest BCUT2D eigenvalue weighted by atomic mass is 16.5. The van der Waals surface area contributed by atoms with E-state index in [-0.39, 0.29) is 18.2 Å². The van der Waals surface area contributed by atoms with Crippen molar-refractivity contribution in [3.8, 4) is 0 Å². The van der Waals surface area contributed by atoms with E-state index in [0.717, 1.165) is 38.0 Å². The summed E-state index contributed by atoms with van der Waals surface area (Å²) in [7, 11) is 0. The van der Waals surface area contributed by atoms with Crippen LogP contribution in [0.2, 0.25) is 0 Å². The first kappa shape index (κ1) is 16.0. The molecular formula is C18H23NO4. The summed E-state index contributed by atoms with van der Waals surface area (Å²) in [5.41, 5.74) is 1.90. The minimum absolute atomic E-state index is 0.0551. The number of hydrogen-bond donors (Lipinski definition) is 1. The van der Waals surface area contributed by atoms with Gasteiger partial charge >= 0.3 is 5.97 Å². The van der Waals surface area contributed by atoms with Crippen LogP contribution in [0.15, 0.2) is 24.3 Å². The van der Waals surface area contributed by atoms with E-state index in [1.165, 1.54) is 5.56 Å². The standard InChI is InChI=1S/C18H23NO4/c20-17(21)10-13-4-7-19(8-5-13)18(22)15-3-1-2-14(11-15)16-6-9-23-12-16/h1-3,11,13,16H,4-10,12H2,(H,20,21)/t16-/m1/s1. The first-order chi connectivity index (χ1) is 11.1. The number of benzene rings is 1. The Bertz CT molecular complexity index is 572. The zero-order valence-electron chi connectivity index (χ0n) is 13.2. The van der Waals surface area contributed by atoms with E-state index in [0.29, 0.717) is 19.0 Å². The Kier molecular flexibility index (Phi) is 4.96. The summed E-state index contributed by atoms with van der Waals surface area (Å²) in [5.74, 6) is -0.108. The molecule has 2 saturated heterocycles. The summed E-state index contributed by atoms with van der Waals surface area (Å²) < 4.78 is 5.43. The summed E-state index contributed by atoms with van der Waals surface area (Å²) in [4.78, 5) is 25.3. The van der Waals surface area contributed by atoms with Crippen molar-refractivity contribution in [2.45, 2.75) is 31.6 Å². The van der Waals surface area contributed by atoms with Crippen LogP contribution in [0.4, 0.5) is 0 Å². The number of piperidine rings is 1. The lowest BCUT2D eigenvalue weighted by Crippen LogP contribution is -2.38. The number of carboxylic acids is 1. The van der Waals surface area contributed by atoms with Crippen molar-refractivity contribution in [1.82, 2.24) is 4.90 Å². The molecule has 2 heterocycles. The van der Waals surface area contributed by atoms with Gasteiger partial charge in [-0.3, -0.25) is 9.59 Å². The van der Waals surface area contributed by atoms with Crippen LogP contribution in [0.25, 0.3) is 0 Å². The second-order valence-electron chi connectivity index (χ2n) is 6.52. The maximum Gasteiger partial charge on any atom is 0.303 e. The zero-order chi connectivity index (χ0) is 16.2. The second-order valence-corrected chi connectivity index (χ2v) is 6.52. The molecule has 1 aromatic rings. The first-order valence-electron chi connectivity index (χ1n) is 8.32. The van der Waals surface area contributed by atoms with Crippen LogP contribution < -0.4 is 0 Å². The molecule has 0 unspecified atom stereocenters. The molecule has 2 aliphatic rings. The van der Waals surface area contributed by atoms with Crippen molar-refractivity contribution in [3.63, 3.8) is 0 Å². The lowest BCUT2D eigenvalue weighted by atomic mass is 9.92. The van der Waals surface area contributed by atoms with Gasteiger partial charge in [0.25, 0.3) is 5.91 Å². The van der Waals surface area contributed by atoms with E-state index in [1.807, 2.05) is 23.1 Å². The van der Waals surface area contributed by atoms with Crippen LogP contribution >= 0.6 is 0 Å². The molecule has 5 nitrogen and oxygen atoms in total. The van der Waals surface area contributed by atoms with Crippen molar-refractivity contribution < 1.29 is 19.4 Å². The highest BCUT2D eigenvalue weighted by Crippen LogP contribution is 2.27. The van der Waals surface area contributed by atoms with Gasteiger partial charge in [-0.2, -0.15) is 0 Å². The molecule has 2 fully saturated rings. The van der Waals surface area contributed by atoms with E-state index in [1.54, 1.807) is 0 Å². The fourth-order valence-electron chi connectivity index (χ4n) is 3.49. The lowest BCUT2D eigenvalue weighted by molar-refractivity contribution is -0.138. The summed E-state index contributed by atoms with van der Waals surface area (Å²) >= 11 is 0. The molecule has 2 aliphatic heterocycles. The van der Waals surface area contributed by atoms with Crippen LogP contribution in [0.3, 0.4) is 0 Å². The molecular weight excluding hydrogens is 294 g/mol. The number of carboxylic acid groups (broad SMARTS) is 1. The van der Waals surface area contributed by atoms with Crippen molar-refractivity contribution >= 4 is 11.9 Å². The van der Waals surface area contributed by atoms with Crippen molar-refractivity contribution in [3.05, 3.63) is 35.4 Å². The summed E-state index contributed by atoms with van der Waals surface area (Å²) in [6.07, 6.45) is 2.76. The van der Waals surface area contributed by atoms with E-state index in [4.69, 9.17) is 9.84 Å². The molecule has 1 N–H and O–H groups in total. The number of rotatable bonds is 4. The third kappa shape index (κ3) is 3.91. The Morgan fingerprint density at radius 2 is 2.00 bits per heavy atom. The number of carbonyl (C=O) groups is 2. The van der Waals surface area contributed by atoms with Crippen molar-refractivity contribution in [2.24, 2.45) is 5.92 Å². The zero-order valence-corrected chi connectivity index (χ0v) is 13.2. The molecule has 0 aliphatic carbocycles. The molecule has 0 saturated carbocycles. The molecule has 124 valence electrons. The summed E-state index contributed by atoms with van der Waals surface area (Å²) in [6.45, 7) is 2.82. The number of likely N-dealkylation sites (tertiary alicyclic amines) is 1. The smallest absolute Gasteiger partial charge is 0.303 e. The monoisotopic (exact) mass is 317 g/mol. The Morgan fingerprint density at radius 3 is 2.65 bits per heavy atom. The number of aliphatic carboxylic acids is 1. The molecule has 1 aromatic carbocycles. The minimum atomic E-state index is -0.749. The highest BCUT2D eigenvalue weighted by Gasteiger charge is 2.26. The number of ether oxygens (including phenoxy) is 1. The van der Waals surface area contributed by atoms with Crippen LogP contribution in [0.5, 0.6) is 0 Å². The number of amides is 1. The molecule has 0 spiro atoms. The van der Waals surface area contributed by atoms with Crippen LogP contribution in [0, 0.1) is 5.92 Å². The largest absolute Gasteiger partial charge is 0.481 e. The highest BCUT2D eigenvalue weighted by molar-refractivity contribution is 5.94. The van der Waals surface area contributed by atoms with Crippen molar-refractivity contribution in [2.75, 3.05) is 26.3 Å². The minimum Gasteiger partial charge on any atom is -0.481 e. The first-order valence-corrected chi connectivity index (χ1v) is 8.32. The van der Waals surface area contributed by atoms with E-state index >= 15 is 0 Å². The van der Waals surface area contributed by atoms with Gasteiger partial charge in [0.2, 0.25) is 0 Å². The van der Waals surface area contributed by atoms with Crippen LogP contribution in [-0.4, -0.2) is 48.2 Å². The Hall–Kier alpha value is -1.88. The van der Waals surface area contributed by atoms with Gasteiger partial charge < -0.3 is 14.7 Å². The number of nitrogens with zero attached hydrogens (tertiary/aromatic N) is 1.